The van der Waals surface area contributed by atoms with E-state index in [-0.39, 0.29) is 11.9 Å². The molecule has 2 N–H and O–H groups in total. The molecule has 1 saturated heterocycles. The van der Waals surface area contributed by atoms with Crippen molar-refractivity contribution in [1.29, 1.82) is 0 Å². The summed E-state index contributed by atoms with van der Waals surface area (Å²) >= 11 is 1.49. The molecule has 1 aliphatic heterocycles. The lowest BCUT2D eigenvalue weighted by Gasteiger charge is -2.25. The van der Waals surface area contributed by atoms with Crippen LogP contribution in [0, 0.1) is 6.92 Å². The van der Waals surface area contributed by atoms with Crippen molar-refractivity contribution in [3.8, 4) is 0 Å². The molecule has 2 rings (SSSR count). The van der Waals surface area contributed by atoms with E-state index in [1.165, 1.54) is 11.3 Å². The highest BCUT2D eigenvalue weighted by atomic mass is 32.1. The number of carbonyl (C=O) groups excluding carboxylic acids is 1. The highest BCUT2D eigenvalue weighted by Crippen LogP contribution is 2.19. The number of aliphatic hydroxyl groups excluding tert-OH is 1. The lowest BCUT2D eigenvalue weighted by atomic mass is 10.2. The Morgan fingerprint density at radius 3 is 2.81 bits per heavy atom. The minimum atomic E-state index is -0.463. The van der Waals surface area contributed by atoms with Gasteiger partial charge in [-0.15, -0.1) is 11.3 Å². The van der Waals surface area contributed by atoms with Crippen molar-refractivity contribution in [2.45, 2.75) is 19.1 Å². The summed E-state index contributed by atoms with van der Waals surface area (Å²) < 4.78 is 0. The Bertz CT molecular complexity index is 391. The van der Waals surface area contributed by atoms with Gasteiger partial charge in [0.1, 0.15) is 0 Å². The third kappa shape index (κ3) is 2.11. The van der Waals surface area contributed by atoms with Gasteiger partial charge in [0.05, 0.1) is 17.0 Å². The SMILES string of the molecule is Cc1ccc(C(=O)N(C)[C@H]2CNC[C@@H]2O)s1. The van der Waals surface area contributed by atoms with E-state index in [1.807, 2.05) is 19.1 Å². The van der Waals surface area contributed by atoms with Gasteiger partial charge in [-0.05, 0) is 19.1 Å². The summed E-state index contributed by atoms with van der Waals surface area (Å²) in [5, 5.41) is 12.8. The zero-order valence-corrected chi connectivity index (χ0v) is 10.3. The zero-order chi connectivity index (χ0) is 11.7. The van der Waals surface area contributed by atoms with Gasteiger partial charge in [-0.25, -0.2) is 0 Å². The maximum atomic E-state index is 12.1. The summed E-state index contributed by atoms with van der Waals surface area (Å²) in [6, 6.07) is 3.66. The molecular formula is C11H16N2O2S. The second-order valence-electron chi connectivity index (χ2n) is 4.12. The number of hydrogen-bond donors (Lipinski definition) is 2. The molecule has 88 valence electrons. The van der Waals surface area contributed by atoms with Crippen molar-refractivity contribution in [3.05, 3.63) is 21.9 Å². The number of amides is 1. The van der Waals surface area contributed by atoms with Gasteiger partial charge in [0.15, 0.2) is 0 Å². The Morgan fingerprint density at radius 1 is 1.56 bits per heavy atom. The predicted molar refractivity (Wildman–Crippen MR) is 63.8 cm³/mol. The molecule has 2 atom stereocenters. The van der Waals surface area contributed by atoms with E-state index in [9.17, 15) is 9.90 Å². The first-order valence-electron chi connectivity index (χ1n) is 5.32. The second kappa shape index (κ2) is 4.53. The minimum Gasteiger partial charge on any atom is -0.390 e. The quantitative estimate of drug-likeness (QED) is 0.789. The molecule has 5 heteroatoms. The molecule has 1 aromatic rings. The monoisotopic (exact) mass is 240 g/mol. The molecule has 1 fully saturated rings. The van der Waals surface area contributed by atoms with Crippen LogP contribution in [0.25, 0.3) is 0 Å². The van der Waals surface area contributed by atoms with E-state index in [0.29, 0.717) is 13.1 Å². The molecule has 0 aromatic carbocycles. The van der Waals surface area contributed by atoms with Crippen molar-refractivity contribution in [3.63, 3.8) is 0 Å². The Hall–Kier alpha value is -0.910. The van der Waals surface area contributed by atoms with Gasteiger partial charge in [-0.1, -0.05) is 0 Å². The lowest BCUT2D eigenvalue weighted by molar-refractivity contribution is 0.0585. The standard InChI is InChI=1S/C11H16N2O2S/c1-7-3-4-10(16-7)11(15)13(2)8-5-12-6-9(8)14/h3-4,8-9,12,14H,5-6H2,1-2H3/t8-,9-/m0/s1. The summed E-state index contributed by atoms with van der Waals surface area (Å²) in [5.74, 6) is -0.00847. The second-order valence-corrected chi connectivity index (χ2v) is 5.41. The van der Waals surface area contributed by atoms with Crippen LogP contribution in [-0.2, 0) is 0 Å². The zero-order valence-electron chi connectivity index (χ0n) is 9.43. The molecule has 0 saturated carbocycles. The van der Waals surface area contributed by atoms with Crippen LogP contribution in [0.1, 0.15) is 14.5 Å². The van der Waals surface area contributed by atoms with E-state index in [1.54, 1.807) is 11.9 Å². The van der Waals surface area contributed by atoms with Gasteiger partial charge in [0.25, 0.3) is 5.91 Å². The first kappa shape index (κ1) is 11.6. The van der Waals surface area contributed by atoms with Crippen molar-refractivity contribution in [1.82, 2.24) is 10.2 Å². The summed E-state index contributed by atoms with van der Waals surface area (Å²) in [6.07, 6.45) is -0.463. The minimum absolute atomic E-state index is 0.00847. The number of aliphatic hydroxyl groups is 1. The number of rotatable bonds is 2. The summed E-state index contributed by atoms with van der Waals surface area (Å²) in [6.45, 7) is 3.20. The third-order valence-electron chi connectivity index (χ3n) is 2.92. The number of thiophene rings is 1. The first-order valence-corrected chi connectivity index (χ1v) is 6.13. The molecule has 2 heterocycles. The number of nitrogens with one attached hydrogen (secondary N) is 1. The Balaban J connectivity index is 2.10. The van der Waals surface area contributed by atoms with Crippen LogP contribution in [0.2, 0.25) is 0 Å². The first-order chi connectivity index (χ1) is 7.59. The number of aryl methyl sites for hydroxylation is 1. The van der Waals surface area contributed by atoms with Gasteiger partial charge in [-0.3, -0.25) is 4.79 Å². The molecule has 0 radical (unpaired) electrons. The number of carbonyl (C=O) groups is 1. The van der Waals surface area contributed by atoms with E-state index in [0.717, 1.165) is 9.75 Å². The maximum Gasteiger partial charge on any atom is 0.264 e. The van der Waals surface area contributed by atoms with Crippen LogP contribution >= 0.6 is 11.3 Å². The van der Waals surface area contributed by atoms with Crippen molar-refractivity contribution in [2.24, 2.45) is 0 Å². The predicted octanol–water partition coefficient (Wildman–Crippen LogP) is 0.461. The van der Waals surface area contributed by atoms with Crippen LogP contribution in [-0.4, -0.2) is 48.2 Å². The molecule has 4 nitrogen and oxygen atoms in total. The smallest absolute Gasteiger partial charge is 0.264 e. The van der Waals surface area contributed by atoms with Gasteiger partial charge in [0.2, 0.25) is 0 Å². The Labute approximate surface area is 98.9 Å². The number of hydrogen-bond acceptors (Lipinski definition) is 4. The molecule has 1 aliphatic rings. The van der Waals surface area contributed by atoms with Crippen LogP contribution in [0.4, 0.5) is 0 Å². The van der Waals surface area contributed by atoms with Crippen molar-refractivity contribution >= 4 is 17.2 Å². The van der Waals surface area contributed by atoms with Crippen molar-refractivity contribution in [2.75, 3.05) is 20.1 Å². The Kier molecular flexibility index (Phi) is 3.28. The lowest BCUT2D eigenvalue weighted by Crippen LogP contribution is -2.44. The number of nitrogens with zero attached hydrogens (tertiary/aromatic N) is 1. The third-order valence-corrected chi connectivity index (χ3v) is 3.91. The summed E-state index contributed by atoms with van der Waals surface area (Å²) in [7, 11) is 1.75. The fourth-order valence-corrected chi connectivity index (χ4v) is 2.77. The van der Waals surface area contributed by atoms with Crippen LogP contribution in [0.5, 0.6) is 0 Å². The van der Waals surface area contributed by atoms with E-state index >= 15 is 0 Å². The highest BCUT2D eigenvalue weighted by molar-refractivity contribution is 7.13. The maximum absolute atomic E-state index is 12.1. The van der Waals surface area contributed by atoms with Crippen molar-refractivity contribution < 1.29 is 9.90 Å². The van der Waals surface area contributed by atoms with Crippen LogP contribution in [0.3, 0.4) is 0 Å². The van der Waals surface area contributed by atoms with Gasteiger partial charge >= 0.3 is 0 Å². The fourth-order valence-electron chi connectivity index (χ4n) is 1.92. The van der Waals surface area contributed by atoms with E-state index in [4.69, 9.17) is 0 Å². The van der Waals surface area contributed by atoms with E-state index in [2.05, 4.69) is 5.32 Å². The largest absolute Gasteiger partial charge is 0.390 e. The normalized spacial score (nSPS) is 24.7. The Morgan fingerprint density at radius 2 is 2.31 bits per heavy atom. The topological polar surface area (TPSA) is 52.6 Å². The summed E-state index contributed by atoms with van der Waals surface area (Å²) in [4.78, 5) is 15.6. The molecule has 1 aromatic heterocycles. The molecular weight excluding hydrogens is 224 g/mol. The number of likely N-dealkylation sites (N-methyl/N-ethyl adjacent to an activating group) is 1. The molecule has 0 bridgehead atoms. The molecule has 16 heavy (non-hydrogen) atoms. The van der Waals surface area contributed by atoms with Crippen LogP contribution in [0.15, 0.2) is 12.1 Å². The molecule has 0 spiro atoms. The summed E-state index contributed by atoms with van der Waals surface area (Å²) in [5.41, 5.74) is 0. The molecule has 0 unspecified atom stereocenters. The molecule has 1 amide bonds. The van der Waals surface area contributed by atoms with E-state index < -0.39 is 6.10 Å². The average Bonchev–Trinajstić information content (AvgIpc) is 2.85. The fraction of sp³-hybridized carbons (Fsp3) is 0.545. The van der Waals surface area contributed by atoms with Gasteiger partial charge in [0, 0.05) is 25.0 Å². The van der Waals surface area contributed by atoms with Gasteiger partial charge < -0.3 is 15.3 Å². The van der Waals surface area contributed by atoms with Gasteiger partial charge in [-0.2, -0.15) is 0 Å². The molecule has 0 aliphatic carbocycles. The highest BCUT2D eigenvalue weighted by Gasteiger charge is 2.31. The average molecular weight is 240 g/mol. The van der Waals surface area contributed by atoms with Crippen LogP contribution < -0.4 is 5.32 Å². The number of β-amino-alcohol motifs (C(OH)–C–C–N with tert-alkyl or cyclic N) is 1.